The predicted molar refractivity (Wildman–Crippen MR) is 41.2 cm³/mol. The first kappa shape index (κ1) is 7.72. The molecule has 0 fully saturated rings. The summed E-state index contributed by atoms with van der Waals surface area (Å²) in [6.07, 6.45) is 0. The molecule has 1 aromatic rings. The lowest BCUT2D eigenvalue weighted by Gasteiger charge is -2.06. The van der Waals surface area contributed by atoms with Crippen LogP contribution in [0.3, 0.4) is 0 Å². The van der Waals surface area contributed by atoms with Gasteiger partial charge in [-0.3, -0.25) is 0 Å². The van der Waals surface area contributed by atoms with Gasteiger partial charge in [0, 0.05) is 10.8 Å². The third-order valence-electron chi connectivity index (χ3n) is 1.39. The number of hydrogen-bond acceptors (Lipinski definition) is 3. The molecule has 0 aliphatic heterocycles. The van der Waals surface area contributed by atoms with Crippen molar-refractivity contribution < 1.29 is 10.2 Å². The van der Waals surface area contributed by atoms with E-state index in [1.54, 1.807) is 11.3 Å². The Labute approximate surface area is 63.8 Å². The highest BCUT2D eigenvalue weighted by atomic mass is 32.1. The van der Waals surface area contributed by atoms with E-state index in [2.05, 4.69) is 0 Å². The van der Waals surface area contributed by atoms with Crippen molar-refractivity contribution >= 4 is 11.3 Å². The molecule has 0 unspecified atom stereocenters. The third kappa shape index (κ3) is 1.56. The van der Waals surface area contributed by atoms with Crippen LogP contribution in [0.25, 0.3) is 0 Å². The summed E-state index contributed by atoms with van der Waals surface area (Å²) in [5.74, 6) is -0.0833. The van der Waals surface area contributed by atoms with Gasteiger partial charge >= 0.3 is 0 Å². The molecule has 0 bridgehead atoms. The summed E-state index contributed by atoms with van der Waals surface area (Å²) in [7, 11) is 0. The third-order valence-corrected chi connectivity index (χ3v) is 2.42. The maximum Gasteiger partial charge on any atom is 0.0529 e. The first-order valence-electron chi connectivity index (χ1n) is 3.13. The quantitative estimate of drug-likeness (QED) is 0.683. The van der Waals surface area contributed by atoms with Gasteiger partial charge in [-0.05, 0) is 11.4 Å². The molecule has 56 valence electrons. The van der Waals surface area contributed by atoms with Gasteiger partial charge in [-0.2, -0.15) is 0 Å². The molecular weight excluding hydrogens is 148 g/mol. The maximum absolute atomic E-state index is 8.74. The van der Waals surface area contributed by atoms with Gasteiger partial charge in [-0.15, -0.1) is 11.3 Å². The summed E-state index contributed by atoms with van der Waals surface area (Å²) in [6.45, 7) is 0.0496. The van der Waals surface area contributed by atoms with Gasteiger partial charge in [0.25, 0.3) is 0 Å². The second-order valence-electron chi connectivity index (χ2n) is 2.08. The number of aliphatic hydroxyl groups is 2. The summed E-state index contributed by atoms with van der Waals surface area (Å²) < 4.78 is 0. The fourth-order valence-corrected chi connectivity index (χ4v) is 1.57. The van der Waals surface area contributed by atoms with Gasteiger partial charge in [0.2, 0.25) is 0 Å². The molecular formula is C7H10O2S. The summed E-state index contributed by atoms with van der Waals surface area (Å²) in [5.41, 5.74) is 0. The van der Waals surface area contributed by atoms with Crippen molar-refractivity contribution in [3.05, 3.63) is 22.4 Å². The second-order valence-corrected chi connectivity index (χ2v) is 3.06. The Bertz CT molecular complexity index is 168. The van der Waals surface area contributed by atoms with Crippen molar-refractivity contribution in [2.45, 2.75) is 5.92 Å². The SMILES string of the molecule is OCC(CO)c1cccs1. The van der Waals surface area contributed by atoms with Gasteiger partial charge in [0.05, 0.1) is 13.2 Å². The van der Waals surface area contributed by atoms with Crippen molar-refractivity contribution in [1.29, 1.82) is 0 Å². The molecule has 2 nitrogen and oxygen atoms in total. The van der Waals surface area contributed by atoms with Crippen molar-refractivity contribution in [3.63, 3.8) is 0 Å². The number of hydrogen-bond donors (Lipinski definition) is 2. The van der Waals surface area contributed by atoms with Crippen LogP contribution in [0.5, 0.6) is 0 Å². The molecule has 0 radical (unpaired) electrons. The van der Waals surface area contributed by atoms with Crippen molar-refractivity contribution in [3.8, 4) is 0 Å². The minimum absolute atomic E-state index is 0.0248. The zero-order valence-electron chi connectivity index (χ0n) is 5.53. The molecule has 0 aromatic carbocycles. The van der Waals surface area contributed by atoms with E-state index in [1.165, 1.54) is 0 Å². The van der Waals surface area contributed by atoms with Crippen LogP contribution >= 0.6 is 11.3 Å². The molecule has 1 rings (SSSR count). The lowest BCUT2D eigenvalue weighted by atomic mass is 10.1. The molecule has 0 aliphatic carbocycles. The lowest BCUT2D eigenvalue weighted by molar-refractivity contribution is 0.194. The number of thiophene rings is 1. The van der Waals surface area contributed by atoms with E-state index in [0.717, 1.165) is 4.88 Å². The van der Waals surface area contributed by atoms with Crippen LogP contribution < -0.4 is 0 Å². The number of rotatable bonds is 3. The largest absolute Gasteiger partial charge is 0.396 e. The Balaban J connectivity index is 2.64. The average molecular weight is 158 g/mol. The molecule has 3 heteroatoms. The van der Waals surface area contributed by atoms with Crippen LogP contribution in [0.2, 0.25) is 0 Å². The maximum atomic E-state index is 8.74. The van der Waals surface area contributed by atoms with Crippen LogP contribution in [0.1, 0.15) is 10.8 Å². The van der Waals surface area contributed by atoms with Gasteiger partial charge in [-0.1, -0.05) is 6.07 Å². The molecule has 0 spiro atoms. The molecule has 0 aliphatic rings. The standard InChI is InChI=1S/C7H10O2S/c8-4-6(5-9)7-2-1-3-10-7/h1-3,6,8-9H,4-5H2. The van der Waals surface area contributed by atoms with Crippen molar-refractivity contribution in [2.75, 3.05) is 13.2 Å². The van der Waals surface area contributed by atoms with Crippen LogP contribution in [0.4, 0.5) is 0 Å². The minimum Gasteiger partial charge on any atom is -0.396 e. The van der Waals surface area contributed by atoms with Crippen LogP contribution in [-0.2, 0) is 0 Å². The molecule has 1 aromatic heterocycles. The van der Waals surface area contributed by atoms with Gasteiger partial charge in [-0.25, -0.2) is 0 Å². The first-order valence-corrected chi connectivity index (χ1v) is 4.01. The monoisotopic (exact) mass is 158 g/mol. The highest BCUT2D eigenvalue weighted by molar-refractivity contribution is 7.10. The lowest BCUT2D eigenvalue weighted by Crippen LogP contribution is -2.06. The highest BCUT2D eigenvalue weighted by Gasteiger charge is 2.08. The fourth-order valence-electron chi connectivity index (χ4n) is 0.761. The first-order chi connectivity index (χ1) is 4.88. The van der Waals surface area contributed by atoms with Crippen LogP contribution in [-0.4, -0.2) is 23.4 Å². The summed E-state index contributed by atoms with van der Waals surface area (Å²) in [5, 5.41) is 19.4. The summed E-state index contributed by atoms with van der Waals surface area (Å²) >= 11 is 1.56. The van der Waals surface area contributed by atoms with Gasteiger partial charge in [0.1, 0.15) is 0 Å². The predicted octanol–water partition coefficient (Wildman–Crippen LogP) is 0.816. The zero-order valence-corrected chi connectivity index (χ0v) is 6.34. The summed E-state index contributed by atoms with van der Waals surface area (Å²) in [6, 6.07) is 3.83. The Kier molecular flexibility index (Phi) is 2.86. The van der Waals surface area contributed by atoms with Crippen molar-refractivity contribution in [1.82, 2.24) is 0 Å². The highest BCUT2D eigenvalue weighted by Crippen LogP contribution is 2.19. The van der Waals surface area contributed by atoms with E-state index in [9.17, 15) is 0 Å². The molecule has 2 N–H and O–H groups in total. The van der Waals surface area contributed by atoms with E-state index in [1.807, 2.05) is 17.5 Å². The van der Waals surface area contributed by atoms with E-state index < -0.39 is 0 Å². The van der Waals surface area contributed by atoms with Gasteiger partial charge in [0.15, 0.2) is 0 Å². The Morgan fingerprint density at radius 1 is 1.40 bits per heavy atom. The van der Waals surface area contributed by atoms with E-state index in [0.29, 0.717) is 0 Å². The minimum atomic E-state index is -0.0833. The molecule has 0 atom stereocenters. The average Bonchev–Trinajstić information content (AvgIpc) is 2.43. The second kappa shape index (κ2) is 3.71. The molecule has 0 saturated carbocycles. The zero-order chi connectivity index (χ0) is 7.40. The van der Waals surface area contributed by atoms with E-state index in [4.69, 9.17) is 10.2 Å². The van der Waals surface area contributed by atoms with E-state index in [-0.39, 0.29) is 19.1 Å². The van der Waals surface area contributed by atoms with Crippen LogP contribution in [0.15, 0.2) is 17.5 Å². The Morgan fingerprint density at radius 3 is 2.50 bits per heavy atom. The topological polar surface area (TPSA) is 40.5 Å². The Hall–Kier alpha value is -0.380. The Morgan fingerprint density at radius 2 is 2.10 bits per heavy atom. The molecule has 0 saturated heterocycles. The molecule has 10 heavy (non-hydrogen) atoms. The summed E-state index contributed by atoms with van der Waals surface area (Å²) in [4.78, 5) is 1.05. The number of aliphatic hydroxyl groups excluding tert-OH is 2. The van der Waals surface area contributed by atoms with Gasteiger partial charge < -0.3 is 10.2 Å². The van der Waals surface area contributed by atoms with Crippen LogP contribution in [0, 0.1) is 0 Å². The molecule has 0 amide bonds. The molecule has 1 heterocycles. The van der Waals surface area contributed by atoms with Crippen molar-refractivity contribution in [2.24, 2.45) is 0 Å². The smallest absolute Gasteiger partial charge is 0.0529 e. The van der Waals surface area contributed by atoms with E-state index >= 15 is 0 Å². The normalized spacial score (nSPS) is 10.7. The fraction of sp³-hybridized carbons (Fsp3) is 0.429.